The minimum Gasteiger partial charge on any atom is -0.482 e. The van der Waals surface area contributed by atoms with E-state index in [0.29, 0.717) is 23.7 Å². The van der Waals surface area contributed by atoms with Gasteiger partial charge in [0.05, 0.1) is 9.40 Å². The number of hydrogen-bond donors (Lipinski definition) is 0. The van der Waals surface area contributed by atoms with Crippen molar-refractivity contribution in [3.8, 4) is 5.75 Å². The first kappa shape index (κ1) is 13.3. The van der Waals surface area contributed by atoms with Gasteiger partial charge >= 0.3 is 5.69 Å². The van der Waals surface area contributed by atoms with E-state index in [9.17, 15) is 14.9 Å². The highest BCUT2D eigenvalue weighted by molar-refractivity contribution is 9.10. The molecule has 0 amide bonds. The molecule has 1 aliphatic rings. The van der Waals surface area contributed by atoms with Crippen molar-refractivity contribution in [1.29, 1.82) is 0 Å². The first-order valence-corrected chi connectivity index (χ1v) is 6.46. The molecule has 5 nitrogen and oxygen atoms in total. The van der Waals surface area contributed by atoms with Crippen LogP contribution in [0.15, 0.2) is 16.6 Å². The summed E-state index contributed by atoms with van der Waals surface area (Å²) in [5.74, 6) is 0.247. The van der Waals surface area contributed by atoms with Crippen molar-refractivity contribution in [2.45, 2.75) is 25.4 Å². The average Bonchev–Trinajstić information content (AvgIpc) is 2.67. The minimum atomic E-state index is -0.553. The largest absolute Gasteiger partial charge is 0.482 e. The number of halogens is 2. The molecule has 0 radical (unpaired) electrons. The lowest BCUT2D eigenvalue weighted by Gasteiger charge is -2.14. The number of nitro groups is 1. The van der Waals surface area contributed by atoms with Gasteiger partial charge in [-0.15, -0.1) is 0 Å². The summed E-state index contributed by atoms with van der Waals surface area (Å²) in [7, 11) is 0. The van der Waals surface area contributed by atoms with Crippen LogP contribution < -0.4 is 4.74 Å². The van der Waals surface area contributed by atoms with E-state index in [1.165, 1.54) is 12.1 Å². The van der Waals surface area contributed by atoms with Gasteiger partial charge in [-0.3, -0.25) is 14.9 Å². The summed E-state index contributed by atoms with van der Waals surface area (Å²) in [4.78, 5) is 21.5. The Morgan fingerprint density at radius 2 is 2.22 bits per heavy atom. The number of carbonyl (C=O) groups is 1. The number of rotatable bonds is 3. The summed E-state index contributed by atoms with van der Waals surface area (Å²) >= 11 is 8.95. The van der Waals surface area contributed by atoms with Gasteiger partial charge in [0.25, 0.3) is 0 Å². The van der Waals surface area contributed by atoms with E-state index in [2.05, 4.69) is 15.9 Å². The number of ketones is 1. The molecule has 0 N–H and O–H groups in total. The Balaban J connectivity index is 2.31. The second kappa shape index (κ2) is 5.24. The summed E-state index contributed by atoms with van der Waals surface area (Å²) < 4.78 is 5.97. The lowest BCUT2D eigenvalue weighted by Crippen LogP contribution is -2.13. The molecule has 0 aromatic heterocycles. The third-order valence-electron chi connectivity index (χ3n) is 2.67. The predicted octanol–water partition coefficient (Wildman–Crippen LogP) is 3.51. The number of nitro benzene ring substituents is 1. The smallest absolute Gasteiger partial charge is 0.313 e. The van der Waals surface area contributed by atoms with Crippen LogP contribution in [0.4, 0.5) is 5.69 Å². The van der Waals surface area contributed by atoms with E-state index in [4.69, 9.17) is 16.3 Å². The van der Waals surface area contributed by atoms with Crippen LogP contribution in [-0.4, -0.2) is 16.8 Å². The monoisotopic (exact) mass is 333 g/mol. The van der Waals surface area contributed by atoms with Crippen molar-refractivity contribution >= 4 is 39.0 Å². The fraction of sp³-hybridized carbons (Fsp3) is 0.364. The summed E-state index contributed by atoms with van der Waals surface area (Å²) in [6.07, 6.45) is 1.05. The number of nitrogens with zero attached hydrogens (tertiary/aromatic N) is 1. The molecule has 0 aliphatic heterocycles. The van der Waals surface area contributed by atoms with Gasteiger partial charge in [-0.05, 0) is 28.4 Å². The zero-order chi connectivity index (χ0) is 13.3. The molecular formula is C11H9BrClNO4. The number of carbonyl (C=O) groups excluding carboxylic acids is 1. The van der Waals surface area contributed by atoms with Gasteiger partial charge in [-0.1, -0.05) is 11.6 Å². The highest BCUT2D eigenvalue weighted by Gasteiger charge is 2.28. The van der Waals surface area contributed by atoms with Crippen molar-refractivity contribution in [1.82, 2.24) is 0 Å². The first-order valence-electron chi connectivity index (χ1n) is 5.29. The molecule has 18 heavy (non-hydrogen) atoms. The Morgan fingerprint density at radius 3 is 2.78 bits per heavy atom. The molecule has 1 saturated carbocycles. The maximum absolute atomic E-state index is 11.2. The SMILES string of the molecule is O=C1CCC(Oc2c(Br)cc(Cl)cc2[N+](=O)[O-])C1. The van der Waals surface area contributed by atoms with Gasteiger partial charge in [0.1, 0.15) is 11.9 Å². The molecule has 96 valence electrons. The van der Waals surface area contributed by atoms with Crippen molar-refractivity contribution in [2.24, 2.45) is 0 Å². The molecule has 1 unspecified atom stereocenters. The van der Waals surface area contributed by atoms with Gasteiger partial charge in [0.15, 0.2) is 0 Å². The summed E-state index contributed by atoms with van der Waals surface area (Å²) in [6, 6.07) is 2.76. The molecule has 7 heteroatoms. The molecule has 1 atom stereocenters. The summed E-state index contributed by atoms with van der Waals surface area (Å²) in [5.41, 5.74) is -0.200. The van der Waals surface area contributed by atoms with Crippen LogP contribution >= 0.6 is 27.5 Å². The maximum atomic E-state index is 11.2. The van der Waals surface area contributed by atoms with Crippen LogP contribution in [0, 0.1) is 10.1 Å². The van der Waals surface area contributed by atoms with E-state index >= 15 is 0 Å². The third-order valence-corrected chi connectivity index (χ3v) is 3.48. The molecule has 1 aromatic carbocycles. The van der Waals surface area contributed by atoms with E-state index in [0.717, 1.165) is 0 Å². The van der Waals surface area contributed by atoms with Crippen LogP contribution in [0.5, 0.6) is 5.75 Å². The Kier molecular flexibility index (Phi) is 3.87. The van der Waals surface area contributed by atoms with Gasteiger partial charge < -0.3 is 4.74 Å². The second-order valence-electron chi connectivity index (χ2n) is 4.01. The van der Waals surface area contributed by atoms with Gasteiger partial charge in [0, 0.05) is 23.9 Å². The molecule has 0 bridgehead atoms. The molecule has 1 fully saturated rings. The molecular weight excluding hydrogens is 325 g/mol. The molecule has 0 heterocycles. The van der Waals surface area contributed by atoms with Gasteiger partial charge in [-0.2, -0.15) is 0 Å². The zero-order valence-electron chi connectivity index (χ0n) is 9.19. The van der Waals surface area contributed by atoms with Crippen molar-refractivity contribution in [3.63, 3.8) is 0 Å². The van der Waals surface area contributed by atoms with E-state index in [-0.39, 0.29) is 28.3 Å². The highest BCUT2D eigenvalue weighted by atomic mass is 79.9. The van der Waals surface area contributed by atoms with Crippen LogP contribution in [0.1, 0.15) is 19.3 Å². The third kappa shape index (κ3) is 2.81. The number of benzene rings is 1. The quantitative estimate of drug-likeness (QED) is 0.626. The van der Waals surface area contributed by atoms with Gasteiger partial charge in [0.2, 0.25) is 5.75 Å². The van der Waals surface area contributed by atoms with Crippen LogP contribution in [0.25, 0.3) is 0 Å². The van der Waals surface area contributed by atoms with E-state index in [1.807, 2.05) is 0 Å². The van der Waals surface area contributed by atoms with Crippen molar-refractivity contribution in [2.75, 3.05) is 0 Å². The Labute approximate surface area is 116 Å². The number of hydrogen-bond acceptors (Lipinski definition) is 4. The van der Waals surface area contributed by atoms with Crippen molar-refractivity contribution in [3.05, 3.63) is 31.7 Å². The molecule has 0 saturated heterocycles. The summed E-state index contributed by atoms with van der Waals surface area (Å²) in [6.45, 7) is 0. The van der Waals surface area contributed by atoms with Crippen LogP contribution in [0.2, 0.25) is 5.02 Å². The zero-order valence-corrected chi connectivity index (χ0v) is 11.5. The molecule has 2 rings (SSSR count). The highest BCUT2D eigenvalue weighted by Crippen LogP contribution is 2.39. The van der Waals surface area contributed by atoms with E-state index < -0.39 is 4.92 Å². The molecule has 1 aromatic rings. The van der Waals surface area contributed by atoms with Crippen molar-refractivity contribution < 1.29 is 14.5 Å². The lowest BCUT2D eigenvalue weighted by molar-refractivity contribution is -0.386. The van der Waals surface area contributed by atoms with Crippen LogP contribution in [0.3, 0.4) is 0 Å². The Hall–Kier alpha value is -1.14. The fourth-order valence-corrected chi connectivity index (χ4v) is 2.73. The molecule has 1 aliphatic carbocycles. The fourth-order valence-electron chi connectivity index (χ4n) is 1.85. The van der Waals surface area contributed by atoms with Gasteiger partial charge in [-0.25, -0.2) is 0 Å². The lowest BCUT2D eigenvalue weighted by atomic mass is 10.2. The Bertz CT molecular complexity index is 520. The maximum Gasteiger partial charge on any atom is 0.313 e. The average molecular weight is 335 g/mol. The van der Waals surface area contributed by atoms with Crippen LogP contribution in [-0.2, 0) is 4.79 Å². The predicted molar refractivity (Wildman–Crippen MR) is 69.1 cm³/mol. The standard InChI is InChI=1S/C11H9BrClNO4/c12-9-3-6(13)4-10(14(16)17)11(9)18-8-2-1-7(15)5-8/h3-4,8H,1-2,5H2. The molecule has 0 spiro atoms. The normalized spacial score (nSPS) is 19.0. The minimum absolute atomic E-state index is 0.118. The number of Topliss-reactive ketones (excluding diaryl/α,β-unsaturated/α-hetero) is 1. The first-order chi connectivity index (χ1) is 8.47. The number of ether oxygens (including phenoxy) is 1. The second-order valence-corrected chi connectivity index (χ2v) is 5.31. The summed E-state index contributed by atoms with van der Waals surface area (Å²) in [5, 5.41) is 11.2. The van der Waals surface area contributed by atoms with E-state index in [1.54, 1.807) is 0 Å². The topological polar surface area (TPSA) is 69.4 Å². The Morgan fingerprint density at radius 1 is 1.50 bits per heavy atom.